The number of imidazole rings is 1. The molecule has 1 aliphatic heterocycles. The van der Waals surface area contributed by atoms with Gasteiger partial charge in [-0.05, 0) is 55.9 Å². The highest BCUT2D eigenvalue weighted by molar-refractivity contribution is 6.04. The van der Waals surface area contributed by atoms with Crippen molar-refractivity contribution in [2.45, 2.75) is 38.0 Å². The lowest BCUT2D eigenvalue weighted by Crippen LogP contribution is -2.33. The lowest BCUT2D eigenvalue weighted by Gasteiger charge is -2.24. The van der Waals surface area contributed by atoms with Gasteiger partial charge in [0.05, 0.1) is 11.6 Å². The van der Waals surface area contributed by atoms with Gasteiger partial charge < -0.3 is 16.0 Å². The number of piperidine rings is 1. The maximum absolute atomic E-state index is 13.0. The van der Waals surface area contributed by atoms with Crippen LogP contribution >= 0.6 is 0 Å². The van der Waals surface area contributed by atoms with Crippen LogP contribution in [-0.2, 0) is 11.0 Å². The van der Waals surface area contributed by atoms with Crippen LogP contribution in [0.5, 0.6) is 0 Å². The number of carbonyl (C=O) groups is 2. The van der Waals surface area contributed by atoms with Crippen molar-refractivity contribution >= 4 is 29.0 Å². The highest BCUT2D eigenvalue weighted by Gasteiger charge is 2.55. The average Bonchev–Trinajstić information content (AvgIpc) is 3.41. The van der Waals surface area contributed by atoms with Crippen LogP contribution in [0.2, 0.25) is 0 Å². The van der Waals surface area contributed by atoms with Crippen molar-refractivity contribution in [3.63, 3.8) is 0 Å². The van der Waals surface area contributed by atoms with Crippen molar-refractivity contribution in [3.8, 4) is 23.1 Å². The first-order chi connectivity index (χ1) is 19.2. The second kappa shape index (κ2) is 9.37. The first kappa shape index (κ1) is 25.4. The van der Waals surface area contributed by atoms with Crippen molar-refractivity contribution in [3.05, 3.63) is 71.9 Å². The van der Waals surface area contributed by atoms with Crippen LogP contribution in [0.3, 0.4) is 0 Å². The SMILES string of the molecule is CC#CC(=O)N1C2CC2C[C@H]1c1nc(-c2ccc(C(=O)Nc3cc(C(F)(F)F)ccn3)cc2)c2c(N)nccn12. The Balaban J connectivity index is 1.31. The molecule has 1 saturated heterocycles. The summed E-state index contributed by atoms with van der Waals surface area (Å²) in [5, 5.41) is 2.40. The maximum atomic E-state index is 13.0. The van der Waals surface area contributed by atoms with E-state index in [0.717, 1.165) is 31.2 Å². The number of nitrogens with two attached hydrogens (primary N) is 1. The van der Waals surface area contributed by atoms with E-state index in [-0.39, 0.29) is 35.2 Å². The topological polar surface area (TPSA) is 119 Å². The molecule has 1 aromatic carbocycles. The summed E-state index contributed by atoms with van der Waals surface area (Å²) in [7, 11) is 0. The number of fused-ring (bicyclic) bond motifs is 2. The van der Waals surface area contributed by atoms with Crippen LogP contribution < -0.4 is 11.1 Å². The van der Waals surface area contributed by atoms with Gasteiger partial charge in [-0.25, -0.2) is 15.0 Å². The molecule has 3 aromatic heterocycles. The van der Waals surface area contributed by atoms with Gasteiger partial charge in [-0.1, -0.05) is 18.1 Å². The van der Waals surface area contributed by atoms with Gasteiger partial charge in [-0.3, -0.25) is 14.0 Å². The van der Waals surface area contributed by atoms with Crippen molar-refractivity contribution in [2.75, 3.05) is 11.1 Å². The van der Waals surface area contributed by atoms with E-state index in [2.05, 4.69) is 27.1 Å². The Bertz CT molecular complexity index is 1720. The largest absolute Gasteiger partial charge is 0.416 e. The van der Waals surface area contributed by atoms with Crippen molar-refractivity contribution < 1.29 is 22.8 Å². The summed E-state index contributed by atoms with van der Waals surface area (Å²) in [5.74, 6) is 5.58. The number of alkyl halides is 3. The zero-order valence-electron chi connectivity index (χ0n) is 21.1. The second-order valence-electron chi connectivity index (χ2n) is 9.71. The molecule has 0 radical (unpaired) electrons. The van der Waals surface area contributed by atoms with E-state index in [1.165, 1.54) is 12.1 Å². The first-order valence-corrected chi connectivity index (χ1v) is 12.5. The molecule has 1 saturated carbocycles. The van der Waals surface area contributed by atoms with E-state index in [0.29, 0.717) is 28.5 Å². The molecule has 0 spiro atoms. The van der Waals surface area contributed by atoms with E-state index in [1.807, 2.05) is 9.30 Å². The van der Waals surface area contributed by atoms with Gasteiger partial charge in [0, 0.05) is 35.8 Å². The number of benzene rings is 1. The van der Waals surface area contributed by atoms with Crippen molar-refractivity contribution in [1.82, 2.24) is 24.3 Å². The monoisotopic (exact) mass is 545 g/mol. The summed E-state index contributed by atoms with van der Waals surface area (Å²) in [6, 6.07) is 7.89. The number of anilines is 2. The molecule has 2 amide bonds. The first-order valence-electron chi connectivity index (χ1n) is 12.5. The quantitative estimate of drug-likeness (QED) is 0.369. The van der Waals surface area contributed by atoms with Gasteiger partial charge in [-0.15, -0.1) is 0 Å². The van der Waals surface area contributed by atoms with Gasteiger partial charge >= 0.3 is 6.18 Å². The van der Waals surface area contributed by atoms with Crippen LogP contribution in [0.1, 0.15) is 47.6 Å². The molecule has 3 N–H and O–H groups in total. The fourth-order valence-electron chi connectivity index (χ4n) is 5.32. The summed E-state index contributed by atoms with van der Waals surface area (Å²) in [5.41, 5.74) is 7.30. The number of nitrogens with one attached hydrogen (secondary N) is 1. The summed E-state index contributed by atoms with van der Waals surface area (Å²) >= 11 is 0. The third kappa shape index (κ3) is 4.39. The number of halogens is 3. The number of hydrogen-bond acceptors (Lipinski definition) is 6. The third-order valence-electron chi connectivity index (χ3n) is 7.23. The van der Waals surface area contributed by atoms with Crippen LogP contribution in [-0.4, -0.2) is 42.1 Å². The van der Waals surface area contributed by atoms with Crippen molar-refractivity contribution in [1.29, 1.82) is 0 Å². The molecule has 2 unspecified atom stereocenters. The molecule has 4 aromatic rings. The van der Waals surface area contributed by atoms with Crippen LogP contribution in [0.4, 0.5) is 24.8 Å². The van der Waals surface area contributed by atoms with Gasteiger partial charge in [0.15, 0.2) is 0 Å². The lowest BCUT2D eigenvalue weighted by atomic mass is 10.1. The summed E-state index contributed by atoms with van der Waals surface area (Å²) in [4.78, 5) is 40.3. The van der Waals surface area contributed by atoms with Crippen LogP contribution in [0, 0.1) is 17.8 Å². The van der Waals surface area contributed by atoms with E-state index in [4.69, 9.17) is 10.7 Å². The molecule has 3 atom stereocenters. The fraction of sp³-hybridized carbons (Fsp3) is 0.250. The van der Waals surface area contributed by atoms with Crippen LogP contribution in [0.15, 0.2) is 55.0 Å². The lowest BCUT2D eigenvalue weighted by molar-refractivity contribution is -0.137. The Morgan fingerprint density at radius 1 is 1.10 bits per heavy atom. The van der Waals surface area contributed by atoms with Gasteiger partial charge in [0.1, 0.15) is 28.7 Å². The average molecular weight is 546 g/mol. The zero-order chi connectivity index (χ0) is 28.2. The summed E-state index contributed by atoms with van der Waals surface area (Å²) in [6.45, 7) is 1.63. The Hall–Kier alpha value is -4.92. The molecular formula is C28H22F3N7O2. The van der Waals surface area contributed by atoms with E-state index < -0.39 is 17.6 Å². The summed E-state index contributed by atoms with van der Waals surface area (Å²) < 4.78 is 40.9. The minimum Gasteiger partial charge on any atom is -0.382 e. The fourth-order valence-corrected chi connectivity index (χ4v) is 5.32. The number of carbonyl (C=O) groups excluding carboxylic acids is 2. The Labute approximate surface area is 226 Å². The molecule has 1 aliphatic carbocycles. The predicted octanol–water partition coefficient (Wildman–Crippen LogP) is 4.33. The number of amides is 2. The normalized spacial score (nSPS) is 19.6. The maximum Gasteiger partial charge on any atom is 0.416 e. The molecular weight excluding hydrogens is 523 g/mol. The molecule has 12 heteroatoms. The predicted molar refractivity (Wildman–Crippen MR) is 140 cm³/mol. The van der Waals surface area contributed by atoms with Gasteiger partial charge in [-0.2, -0.15) is 13.2 Å². The molecule has 0 bridgehead atoms. The van der Waals surface area contributed by atoms with E-state index in [1.54, 1.807) is 31.5 Å². The highest BCUT2D eigenvalue weighted by Crippen LogP contribution is 2.53. The Morgan fingerprint density at radius 3 is 2.60 bits per heavy atom. The molecule has 6 rings (SSSR count). The zero-order valence-corrected chi connectivity index (χ0v) is 21.1. The minimum absolute atomic E-state index is 0.150. The number of rotatable bonds is 4. The van der Waals surface area contributed by atoms with E-state index in [9.17, 15) is 22.8 Å². The minimum atomic E-state index is -4.56. The van der Waals surface area contributed by atoms with Gasteiger partial charge in [0.25, 0.3) is 11.8 Å². The Kier molecular flexibility index (Phi) is 5.94. The molecule has 2 aliphatic rings. The number of pyridine rings is 1. The molecule has 9 nitrogen and oxygen atoms in total. The van der Waals surface area contributed by atoms with E-state index >= 15 is 0 Å². The number of nitrogens with zero attached hydrogens (tertiary/aromatic N) is 5. The van der Waals surface area contributed by atoms with Crippen molar-refractivity contribution in [2.24, 2.45) is 5.92 Å². The molecule has 4 heterocycles. The second-order valence-corrected chi connectivity index (χ2v) is 9.71. The van der Waals surface area contributed by atoms with Crippen LogP contribution in [0.25, 0.3) is 16.8 Å². The third-order valence-corrected chi connectivity index (χ3v) is 7.23. The molecule has 2 fully saturated rings. The smallest absolute Gasteiger partial charge is 0.382 e. The highest BCUT2D eigenvalue weighted by atomic mass is 19.4. The number of nitrogen functional groups attached to an aromatic ring is 1. The molecule has 40 heavy (non-hydrogen) atoms. The number of hydrogen-bond donors (Lipinski definition) is 2. The van der Waals surface area contributed by atoms with Gasteiger partial charge in [0.2, 0.25) is 0 Å². The Morgan fingerprint density at radius 2 is 1.88 bits per heavy atom. The standard InChI is InChI=1S/C28H22F3N7O2/c1-2-3-22(39)38-19-12-17(19)13-20(38)26-36-23(24-25(32)34-10-11-37(24)26)15-4-6-16(7-5-15)27(40)35-21-14-18(8-9-33-21)28(29,30)31/h4-11,14,17,19-20H,12-13H2,1H3,(H2,32,34)(H,33,35,40)/t17?,19?,20-/m0/s1. The summed E-state index contributed by atoms with van der Waals surface area (Å²) in [6.07, 6.45) is 1.47. The number of aromatic nitrogens is 4. The number of likely N-dealkylation sites (tertiary alicyclic amines) is 1. The molecule has 202 valence electrons.